The monoisotopic (exact) mass is 283 g/mol. The highest BCUT2D eigenvalue weighted by Gasteiger charge is 2.12. The van der Waals surface area contributed by atoms with Gasteiger partial charge in [0.1, 0.15) is 6.54 Å². The second-order valence-electron chi connectivity index (χ2n) is 4.05. The first-order valence-corrected chi connectivity index (χ1v) is 6.19. The van der Waals surface area contributed by atoms with Crippen LogP contribution in [0.2, 0.25) is 0 Å². The van der Waals surface area contributed by atoms with Crippen molar-refractivity contribution in [3.63, 3.8) is 0 Å². The first-order valence-electron chi connectivity index (χ1n) is 6.19. The van der Waals surface area contributed by atoms with Gasteiger partial charge in [-0.25, -0.2) is 4.68 Å². The maximum absolute atomic E-state index is 11.6. The van der Waals surface area contributed by atoms with E-state index in [-0.39, 0.29) is 31.1 Å². The molecule has 20 heavy (non-hydrogen) atoms. The van der Waals surface area contributed by atoms with E-state index in [1.807, 2.05) is 6.92 Å². The maximum atomic E-state index is 11.6. The van der Waals surface area contributed by atoms with Crippen molar-refractivity contribution in [2.75, 3.05) is 13.1 Å². The van der Waals surface area contributed by atoms with Crippen molar-refractivity contribution in [2.24, 2.45) is 0 Å². The molecule has 0 atom stereocenters. The van der Waals surface area contributed by atoms with E-state index in [4.69, 9.17) is 5.11 Å². The molecule has 0 spiro atoms. The molecule has 1 rings (SSSR count). The minimum atomic E-state index is -1.07. The third-order valence-corrected chi connectivity index (χ3v) is 2.28. The van der Waals surface area contributed by atoms with E-state index in [0.717, 1.165) is 11.1 Å². The first-order chi connectivity index (χ1) is 9.52. The largest absolute Gasteiger partial charge is 0.480 e. The van der Waals surface area contributed by atoms with Gasteiger partial charge >= 0.3 is 5.97 Å². The molecule has 0 aromatic carbocycles. The Morgan fingerprint density at radius 1 is 1.30 bits per heavy atom. The molecule has 9 nitrogen and oxygen atoms in total. The number of amides is 2. The summed E-state index contributed by atoms with van der Waals surface area (Å²) in [5.74, 6) is -1.71. The molecule has 110 valence electrons. The van der Waals surface area contributed by atoms with E-state index < -0.39 is 11.9 Å². The molecule has 1 aromatic heterocycles. The number of carboxylic acid groups (broad SMARTS) is 1. The molecule has 0 bridgehead atoms. The normalized spacial score (nSPS) is 10.1. The number of carboxylic acids is 1. The van der Waals surface area contributed by atoms with E-state index in [2.05, 4.69) is 20.9 Å². The lowest BCUT2D eigenvalue weighted by Gasteiger charge is -2.04. The van der Waals surface area contributed by atoms with Gasteiger partial charge in [-0.2, -0.15) is 0 Å². The SMILES string of the molecule is CCCNC(=O)CCNC(=O)c1cn(CC(=O)O)nn1. The van der Waals surface area contributed by atoms with Gasteiger partial charge in [0.15, 0.2) is 5.69 Å². The molecule has 2 amide bonds. The fourth-order valence-electron chi connectivity index (χ4n) is 1.35. The summed E-state index contributed by atoms with van der Waals surface area (Å²) in [4.78, 5) is 33.4. The van der Waals surface area contributed by atoms with E-state index in [9.17, 15) is 14.4 Å². The van der Waals surface area contributed by atoms with Crippen molar-refractivity contribution in [3.05, 3.63) is 11.9 Å². The number of carbonyl (C=O) groups is 3. The van der Waals surface area contributed by atoms with Crippen LogP contribution in [0.1, 0.15) is 30.3 Å². The molecule has 0 aliphatic heterocycles. The Morgan fingerprint density at radius 3 is 2.70 bits per heavy atom. The number of hydrogen-bond acceptors (Lipinski definition) is 5. The van der Waals surface area contributed by atoms with Crippen LogP contribution in [-0.2, 0) is 16.1 Å². The molecule has 0 saturated carbocycles. The van der Waals surface area contributed by atoms with Crippen LogP contribution in [0.15, 0.2) is 6.20 Å². The Kier molecular flexibility index (Phi) is 6.14. The van der Waals surface area contributed by atoms with E-state index in [1.54, 1.807) is 0 Å². The molecule has 9 heteroatoms. The third-order valence-electron chi connectivity index (χ3n) is 2.28. The van der Waals surface area contributed by atoms with Crippen molar-refractivity contribution >= 4 is 17.8 Å². The topological polar surface area (TPSA) is 126 Å². The van der Waals surface area contributed by atoms with Gasteiger partial charge in [0.05, 0.1) is 6.20 Å². The zero-order chi connectivity index (χ0) is 15.0. The fourth-order valence-corrected chi connectivity index (χ4v) is 1.35. The Hall–Kier alpha value is -2.45. The van der Waals surface area contributed by atoms with Crippen LogP contribution in [0.3, 0.4) is 0 Å². The summed E-state index contributed by atoms with van der Waals surface area (Å²) < 4.78 is 1.05. The number of aromatic nitrogens is 3. The Balaban J connectivity index is 2.34. The van der Waals surface area contributed by atoms with Gasteiger partial charge in [-0.1, -0.05) is 12.1 Å². The summed E-state index contributed by atoms with van der Waals surface area (Å²) in [6, 6.07) is 0. The van der Waals surface area contributed by atoms with Crippen molar-refractivity contribution in [2.45, 2.75) is 26.3 Å². The molecule has 0 aliphatic carbocycles. The number of nitrogens with zero attached hydrogens (tertiary/aromatic N) is 3. The minimum absolute atomic E-state index is 0.0141. The molecular formula is C11H17N5O4. The molecule has 0 radical (unpaired) electrons. The molecule has 3 N–H and O–H groups in total. The predicted molar refractivity (Wildman–Crippen MR) is 67.9 cm³/mol. The van der Waals surface area contributed by atoms with E-state index in [1.165, 1.54) is 6.20 Å². The van der Waals surface area contributed by atoms with Crippen LogP contribution >= 0.6 is 0 Å². The number of nitrogens with one attached hydrogen (secondary N) is 2. The van der Waals surface area contributed by atoms with Gasteiger partial charge in [-0.15, -0.1) is 5.10 Å². The van der Waals surface area contributed by atoms with Crippen LogP contribution in [0.4, 0.5) is 0 Å². The highest BCUT2D eigenvalue weighted by atomic mass is 16.4. The van der Waals surface area contributed by atoms with Crippen molar-refractivity contribution in [3.8, 4) is 0 Å². The minimum Gasteiger partial charge on any atom is -0.480 e. The summed E-state index contributed by atoms with van der Waals surface area (Å²) in [6.07, 6.45) is 2.26. The fraction of sp³-hybridized carbons (Fsp3) is 0.545. The zero-order valence-electron chi connectivity index (χ0n) is 11.1. The third kappa shape index (κ3) is 5.46. The molecular weight excluding hydrogens is 266 g/mol. The number of rotatable bonds is 8. The summed E-state index contributed by atoms with van der Waals surface area (Å²) in [6.45, 7) is 2.37. The van der Waals surface area contributed by atoms with Crippen LogP contribution in [-0.4, -0.2) is 51.0 Å². The van der Waals surface area contributed by atoms with Gasteiger partial charge in [-0.3, -0.25) is 14.4 Å². The second kappa shape index (κ2) is 7.87. The lowest BCUT2D eigenvalue weighted by Crippen LogP contribution is -2.31. The predicted octanol–water partition coefficient (Wildman–Crippen LogP) is -0.991. The number of hydrogen-bond donors (Lipinski definition) is 3. The van der Waals surface area contributed by atoms with Crippen LogP contribution in [0, 0.1) is 0 Å². The molecule has 0 saturated heterocycles. The smallest absolute Gasteiger partial charge is 0.325 e. The van der Waals surface area contributed by atoms with Gasteiger partial charge in [0.25, 0.3) is 5.91 Å². The lowest BCUT2D eigenvalue weighted by molar-refractivity contribution is -0.138. The Morgan fingerprint density at radius 2 is 2.05 bits per heavy atom. The Labute approximate surface area is 115 Å². The van der Waals surface area contributed by atoms with Crippen molar-refractivity contribution in [1.29, 1.82) is 0 Å². The van der Waals surface area contributed by atoms with Crippen LogP contribution in [0.5, 0.6) is 0 Å². The van der Waals surface area contributed by atoms with Crippen LogP contribution in [0.25, 0.3) is 0 Å². The van der Waals surface area contributed by atoms with Gasteiger partial charge in [-0.05, 0) is 6.42 Å². The van der Waals surface area contributed by atoms with Gasteiger partial charge < -0.3 is 15.7 Å². The van der Waals surface area contributed by atoms with Crippen molar-refractivity contribution in [1.82, 2.24) is 25.6 Å². The average molecular weight is 283 g/mol. The summed E-state index contributed by atoms with van der Waals surface area (Å²) in [5.41, 5.74) is 0.0141. The summed E-state index contributed by atoms with van der Waals surface area (Å²) in [7, 11) is 0. The standard InChI is InChI=1S/C11H17N5O4/c1-2-4-12-9(17)3-5-13-11(20)8-6-16(15-14-8)7-10(18)19/h6H,2-5,7H2,1H3,(H,12,17)(H,13,20)(H,18,19). The number of carbonyl (C=O) groups excluding carboxylic acids is 2. The van der Waals surface area contributed by atoms with Crippen LogP contribution < -0.4 is 10.6 Å². The summed E-state index contributed by atoms with van der Waals surface area (Å²) in [5, 5.41) is 20.8. The maximum Gasteiger partial charge on any atom is 0.325 e. The van der Waals surface area contributed by atoms with Crippen molar-refractivity contribution < 1.29 is 19.5 Å². The highest BCUT2D eigenvalue weighted by Crippen LogP contribution is 1.93. The van der Waals surface area contributed by atoms with Gasteiger partial charge in [0, 0.05) is 19.5 Å². The molecule has 0 fully saturated rings. The molecule has 1 aromatic rings. The quantitative estimate of drug-likeness (QED) is 0.562. The molecule has 0 aliphatic rings. The van der Waals surface area contributed by atoms with Gasteiger partial charge in [0.2, 0.25) is 5.91 Å². The summed E-state index contributed by atoms with van der Waals surface area (Å²) >= 11 is 0. The Bertz CT molecular complexity index is 485. The number of aliphatic carboxylic acids is 1. The second-order valence-corrected chi connectivity index (χ2v) is 4.05. The molecule has 0 unspecified atom stereocenters. The van der Waals surface area contributed by atoms with E-state index >= 15 is 0 Å². The zero-order valence-corrected chi connectivity index (χ0v) is 11.1. The first kappa shape index (κ1) is 15.6. The van der Waals surface area contributed by atoms with E-state index in [0.29, 0.717) is 6.54 Å². The molecule has 1 heterocycles. The average Bonchev–Trinajstić information content (AvgIpc) is 2.83. The highest BCUT2D eigenvalue weighted by molar-refractivity contribution is 5.92. The lowest BCUT2D eigenvalue weighted by atomic mass is 10.3.